The molecule has 0 aromatic heterocycles. The van der Waals surface area contributed by atoms with Crippen LogP contribution in [-0.4, -0.2) is 36.2 Å². The fourth-order valence-corrected chi connectivity index (χ4v) is 3.68. The highest BCUT2D eigenvalue weighted by Gasteiger charge is 2.51. The van der Waals surface area contributed by atoms with Crippen molar-refractivity contribution in [2.24, 2.45) is 5.41 Å². The number of carbonyl (C=O) groups is 3. The monoisotopic (exact) mass is 314 g/mol. The zero-order valence-electron chi connectivity index (χ0n) is 13.5. The molecule has 5 nitrogen and oxygen atoms in total. The van der Waals surface area contributed by atoms with Crippen LogP contribution in [0.2, 0.25) is 0 Å². The van der Waals surface area contributed by atoms with Gasteiger partial charge in [0.15, 0.2) is 0 Å². The summed E-state index contributed by atoms with van der Waals surface area (Å²) in [5.74, 6) is -0.588. The van der Waals surface area contributed by atoms with E-state index in [0.29, 0.717) is 0 Å². The first-order valence-electron chi connectivity index (χ1n) is 8.20. The number of rotatable bonds is 3. The van der Waals surface area contributed by atoms with Crippen molar-refractivity contribution in [1.29, 1.82) is 0 Å². The topological polar surface area (TPSA) is 57.7 Å². The van der Waals surface area contributed by atoms with E-state index >= 15 is 0 Å². The Labute approximate surface area is 136 Å². The van der Waals surface area contributed by atoms with Gasteiger partial charge in [0, 0.05) is 19.2 Å². The Morgan fingerprint density at radius 3 is 2.43 bits per heavy atom. The molecule has 1 aliphatic heterocycles. The molecule has 1 aromatic carbocycles. The Morgan fingerprint density at radius 1 is 1.13 bits per heavy atom. The fraction of sp³-hybridized carbons (Fsp3) is 0.500. The van der Waals surface area contributed by atoms with Crippen molar-refractivity contribution < 1.29 is 14.4 Å². The number of amides is 3. The molecule has 1 heterocycles. The first-order valence-corrected chi connectivity index (χ1v) is 8.20. The summed E-state index contributed by atoms with van der Waals surface area (Å²) in [5.41, 5.74) is 0.227. The lowest BCUT2D eigenvalue weighted by molar-refractivity contribution is -0.145. The molecule has 1 saturated heterocycles. The van der Waals surface area contributed by atoms with Gasteiger partial charge in [0.25, 0.3) is 0 Å². The van der Waals surface area contributed by atoms with Crippen molar-refractivity contribution in [2.45, 2.75) is 38.5 Å². The van der Waals surface area contributed by atoms with Crippen LogP contribution in [0.25, 0.3) is 0 Å². The van der Waals surface area contributed by atoms with E-state index < -0.39 is 5.41 Å². The largest absolute Gasteiger partial charge is 0.314 e. The molecule has 1 aromatic rings. The number of hydrogen-bond acceptors (Lipinski definition) is 3. The Morgan fingerprint density at radius 2 is 1.78 bits per heavy atom. The summed E-state index contributed by atoms with van der Waals surface area (Å²) in [6.07, 6.45) is 4.93. The molecule has 1 spiro atoms. The Bertz CT molecular complexity index is 620. The SMILES string of the molecule is CN(C(=O)CN1C(=O)CC2(CCCCC2)C1=O)c1ccccc1. The highest BCUT2D eigenvalue weighted by Crippen LogP contribution is 2.45. The van der Waals surface area contributed by atoms with E-state index in [9.17, 15) is 14.4 Å². The molecule has 5 heteroatoms. The van der Waals surface area contributed by atoms with Crippen LogP contribution in [0.5, 0.6) is 0 Å². The Hall–Kier alpha value is -2.17. The molecule has 0 bridgehead atoms. The molecule has 2 fully saturated rings. The first-order chi connectivity index (χ1) is 11.0. The number of likely N-dealkylation sites (tertiary alicyclic amines) is 1. The molecule has 1 saturated carbocycles. The zero-order valence-corrected chi connectivity index (χ0v) is 13.5. The second kappa shape index (κ2) is 6.14. The number of carbonyl (C=O) groups excluding carboxylic acids is 3. The third-order valence-electron chi connectivity index (χ3n) is 5.11. The lowest BCUT2D eigenvalue weighted by Crippen LogP contribution is -2.43. The number of likely N-dealkylation sites (N-methyl/N-ethyl adjacent to an activating group) is 1. The standard InChI is InChI=1S/C18H22N2O3/c1-19(14-8-4-2-5-9-14)16(22)13-20-15(21)12-18(17(20)23)10-6-3-7-11-18/h2,4-5,8-9H,3,6-7,10-13H2,1H3. The molecule has 2 aliphatic rings. The molecule has 3 rings (SSSR count). The molecule has 23 heavy (non-hydrogen) atoms. The number of imide groups is 1. The van der Waals surface area contributed by atoms with Gasteiger partial charge in [-0.1, -0.05) is 37.5 Å². The van der Waals surface area contributed by atoms with Gasteiger partial charge in [-0.3, -0.25) is 19.3 Å². The normalized spacial score (nSPS) is 20.1. The van der Waals surface area contributed by atoms with Crippen LogP contribution in [0.15, 0.2) is 30.3 Å². The Balaban J connectivity index is 1.71. The first kappa shape index (κ1) is 15.7. The van der Waals surface area contributed by atoms with E-state index in [-0.39, 0.29) is 30.7 Å². The average molecular weight is 314 g/mol. The average Bonchev–Trinajstić information content (AvgIpc) is 2.80. The second-order valence-electron chi connectivity index (χ2n) is 6.59. The highest BCUT2D eigenvalue weighted by atomic mass is 16.2. The van der Waals surface area contributed by atoms with Crippen molar-refractivity contribution >= 4 is 23.4 Å². The molecule has 3 amide bonds. The number of para-hydroxylation sites is 1. The van der Waals surface area contributed by atoms with Gasteiger partial charge in [0.2, 0.25) is 17.7 Å². The fourth-order valence-electron chi connectivity index (χ4n) is 3.68. The van der Waals surface area contributed by atoms with Gasteiger partial charge in [-0.05, 0) is 25.0 Å². The van der Waals surface area contributed by atoms with Gasteiger partial charge in [-0.15, -0.1) is 0 Å². The summed E-state index contributed by atoms with van der Waals surface area (Å²) in [6, 6.07) is 9.23. The van der Waals surface area contributed by atoms with Crippen molar-refractivity contribution in [3.05, 3.63) is 30.3 Å². The van der Waals surface area contributed by atoms with E-state index in [1.54, 1.807) is 7.05 Å². The zero-order chi connectivity index (χ0) is 16.4. The summed E-state index contributed by atoms with van der Waals surface area (Å²) in [4.78, 5) is 40.1. The van der Waals surface area contributed by atoms with Crippen LogP contribution in [0.4, 0.5) is 5.69 Å². The number of anilines is 1. The molecular formula is C18H22N2O3. The van der Waals surface area contributed by atoms with E-state index in [1.807, 2.05) is 30.3 Å². The highest BCUT2D eigenvalue weighted by molar-refractivity contribution is 6.09. The van der Waals surface area contributed by atoms with Crippen LogP contribution in [0.1, 0.15) is 38.5 Å². The van der Waals surface area contributed by atoms with Gasteiger partial charge >= 0.3 is 0 Å². The summed E-state index contributed by atoms with van der Waals surface area (Å²) in [5, 5.41) is 0. The molecule has 122 valence electrons. The summed E-state index contributed by atoms with van der Waals surface area (Å²) < 4.78 is 0. The van der Waals surface area contributed by atoms with Gasteiger partial charge < -0.3 is 4.90 Å². The van der Waals surface area contributed by atoms with Gasteiger partial charge in [-0.2, -0.15) is 0 Å². The van der Waals surface area contributed by atoms with Crippen LogP contribution in [-0.2, 0) is 14.4 Å². The maximum atomic E-state index is 12.7. The molecule has 1 aliphatic carbocycles. The van der Waals surface area contributed by atoms with Crippen molar-refractivity contribution in [3.63, 3.8) is 0 Å². The maximum Gasteiger partial charge on any atom is 0.246 e. The molecule has 0 radical (unpaired) electrons. The lowest BCUT2D eigenvalue weighted by Gasteiger charge is -2.30. The minimum atomic E-state index is -0.527. The van der Waals surface area contributed by atoms with Gasteiger partial charge in [0.05, 0.1) is 5.41 Å². The van der Waals surface area contributed by atoms with Gasteiger partial charge in [-0.25, -0.2) is 0 Å². The number of benzene rings is 1. The smallest absolute Gasteiger partial charge is 0.246 e. The molecule has 0 N–H and O–H groups in total. The van der Waals surface area contributed by atoms with E-state index in [2.05, 4.69) is 0 Å². The summed E-state index contributed by atoms with van der Waals surface area (Å²) in [7, 11) is 1.67. The van der Waals surface area contributed by atoms with E-state index in [1.165, 1.54) is 9.80 Å². The summed E-state index contributed by atoms with van der Waals surface area (Å²) >= 11 is 0. The number of hydrogen-bond donors (Lipinski definition) is 0. The van der Waals surface area contributed by atoms with Crippen LogP contribution >= 0.6 is 0 Å². The minimum Gasteiger partial charge on any atom is -0.314 e. The van der Waals surface area contributed by atoms with Gasteiger partial charge in [0.1, 0.15) is 6.54 Å². The second-order valence-corrected chi connectivity index (χ2v) is 6.59. The quantitative estimate of drug-likeness (QED) is 0.805. The third kappa shape index (κ3) is 2.87. The maximum absolute atomic E-state index is 12.7. The lowest BCUT2D eigenvalue weighted by atomic mass is 9.73. The predicted octanol–water partition coefficient (Wildman–Crippen LogP) is 2.36. The minimum absolute atomic E-state index is 0.142. The third-order valence-corrected chi connectivity index (χ3v) is 5.11. The summed E-state index contributed by atoms with van der Waals surface area (Å²) in [6.45, 7) is -0.162. The Kier molecular flexibility index (Phi) is 4.20. The van der Waals surface area contributed by atoms with Crippen LogP contribution in [0, 0.1) is 5.41 Å². The van der Waals surface area contributed by atoms with E-state index in [4.69, 9.17) is 0 Å². The van der Waals surface area contributed by atoms with Crippen molar-refractivity contribution in [2.75, 3.05) is 18.5 Å². The molecular weight excluding hydrogens is 292 g/mol. The molecule has 0 atom stereocenters. The van der Waals surface area contributed by atoms with Crippen molar-refractivity contribution in [1.82, 2.24) is 4.90 Å². The predicted molar refractivity (Wildman–Crippen MR) is 86.7 cm³/mol. The van der Waals surface area contributed by atoms with Crippen molar-refractivity contribution in [3.8, 4) is 0 Å². The molecule has 0 unspecified atom stereocenters. The number of nitrogens with zero attached hydrogens (tertiary/aromatic N) is 2. The van der Waals surface area contributed by atoms with Crippen LogP contribution < -0.4 is 4.90 Å². The van der Waals surface area contributed by atoms with E-state index in [0.717, 1.165) is 37.8 Å². The van der Waals surface area contributed by atoms with Crippen LogP contribution in [0.3, 0.4) is 0 Å².